The monoisotopic (exact) mass is 711 g/mol. The van der Waals surface area contributed by atoms with Crippen LogP contribution < -0.4 is 0 Å². The maximum atomic E-state index is 12.2. The lowest BCUT2D eigenvalue weighted by Gasteiger charge is -2.50. The van der Waals surface area contributed by atoms with E-state index in [0.29, 0.717) is 12.8 Å². The highest BCUT2D eigenvalue weighted by atomic mass is 16.4. The van der Waals surface area contributed by atoms with Crippen LogP contribution in [0.25, 0.3) is 0 Å². The number of benzene rings is 3. The standard InChI is InChI=1S/C48H70O4/c1-7-9-11-13-15-23-35-47(37-33-43(49)50,41-25-19-17-20-26-41)45(3,4)39-29-31-40(32-30-39)46(5,6)48(38-34-44(51)52,42-27-21-18-22-28-42)36-24-16-14-12-10-8-2/h17-22,25-32H,7-16,23-24,33-38H2,1-6H3,(H,49,50)(H,51,52). The van der Waals surface area contributed by atoms with Crippen LogP contribution in [0.15, 0.2) is 84.9 Å². The summed E-state index contributed by atoms with van der Waals surface area (Å²) in [7, 11) is 0. The SMILES string of the molecule is CCCCCCCCC(CCC(=O)O)(c1ccccc1)C(C)(C)c1ccc(C(C)(C)C(CCCCCCCC)(CCC(=O)O)c2ccccc2)cc1. The Morgan fingerprint density at radius 3 is 1.04 bits per heavy atom. The van der Waals surface area contributed by atoms with Crippen LogP contribution in [-0.4, -0.2) is 22.2 Å². The third-order valence-corrected chi connectivity index (χ3v) is 12.8. The van der Waals surface area contributed by atoms with Crippen LogP contribution in [0.2, 0.25) is 0 Å². The molecule has 2 N–H and O–H groups in total. The number of carboxylic acids is 2. The van der Waals surface area contributed by atoms with Gasteiger partial charge in [-0.15, -0.1) is 0 Å². The normalized spacial score (nSPS) is 14.4. The first-order valence-electron chi connectivity index (χ1n) is 20.5. The highest BCUT2D eigenvalue weighted by Crippen LogP contribution is 2.53. The molecular formula is C48H70O4. The molecule has 4 heteroatoms. The van der Waals surface area contributed by atoms with E-state index in [1.165, 1.54) is 73.6 Å². The predicted octanol–water partition coefficient (Wildman–Crippen LogP) is 13.3. The summed E-state index contributed by atoms with van der Waals surface area (Å²) in [5.41, 5.74) is 3.42. The summed E-state index contributed by atoms with van der Waals surface area (Å²) >= 11 is 0. The van der Waals surface area contributed by atoms with Gasteiger partial charge < -0.3 is 10.2 Å². The summed E-state index contributed by atoms with van der Waals surface area (Å²) in [6.45, 7) is 13.8. The van der Waals surface area contributed by atoms with Gasteiger partial charge in [0.1, 0.15) is 0 Å². The minimum absolute atomic E-state index is 0.126. The maximum Gasteiger partial charge on any atom is 0.303 e. The van der Waals surface area contributed by atoms with Crippen LogP contribution in [0.4, 0.5) is 0 Å². The molecule has 2 atom stereocenters. The lowest BCUT2D eigenvalue weighted by Crippen LogP contribution is -2.47. The van der Waals surface area contributed by atoms with Crippen LogP contribution in [0.1, 0.15) is 179 Å². The number of rotatable bonds is 26. The Morgan fingerprint density at radius 2 is 0.731 bits per heavy atom. The van der Waals surface area contributed by atoms with Gasteiger partial charge in [0, 0.05) is 23.7 Å². The van der Waals surface area contributed by atoms with Gasteiger partial charge in [0.2, 0.25) is 0 Å². The maximum absolute atomic E-state index is 12.2. The summed E-state index contributed by atoms with van der Waals surface area (Å²) < 4.78 is 0. The Bertz CT molecular complexity index is 1350. The first-order valence-corrected chi connectivity index (χ1v) is 20.5. The van der Waals surface area contributed by atoms with Crippen molar-refractivity contribution >= 4 is 11.9 Å². The van der Waals surface area contributed by atoms with Crippen LogP contribution >= 0.6 is 0 Å². The number of hydrogen-bond donors (Lipinski definition) is 2. The number of carboxylic acid groups (broad SMARTS) is 2. The summed E-state index contributed by atoms with van der Waals surface area (Å²) in [5.74, 6) is -1.50. The van der Waals surface area contributed by atoms with Gasteiger partial charge in [-0.3, -0.25) is 9.59 Å². The molecular weight excluding hydrogens is 641 g/mol. The summed E-state index contributed by atoms with van der Waals surface area (Å²) in [6.07, 6.45) is 17.6. The van der Waals surface area contributed by atoms with Crippen molar-refractivity contribution in [3.63, 3.8) is 0 Å². The van der Waals surface area contributed by atoms with Crippen molar-refractivity contribution < 1.29 is 19.8 Å². The van der Waals surface area contributed by atoms with Crippen LogP contribution in [-0.2, 0) is 31.2 Å². The second-order valence-corrected chi connectivity index (χ2v) is 16.5. The van der Waals surface area contributed by atoms with Gasteiger partial charge in [-0.05, 0) is 58.8 Å². The van der Waals surface area contributed by atoms with E-state index < -0.39 is 11.9 Å². The Morgan fingerprint density at radius 1 is 0.423 bits per heavy atom. The molecule has 52 heavy (non-hydrogen) atoms. The molecule has 3 rings (SSSR count). The molecule has 286 valence electrons. The zero-order valence-electron chi connectivity index (χ0n) is 33.5. The molecule has 0 bridgehead atoms. The number of unbranched alkanes of at least 4 members (excludes halogenated alkanes) is 10. The van der Waals surface area contributed by atoms with Gasteiger partial charge in [-0.2, -0.15) is 0 Å². The van der Waals surface area contributed by atoms with Crippen molar-refractivity contribution in [2.75, 3.05) is 0 Å². The molecule has 0 aliphatic carbocycles. The molecule has 3 aromatic carbocycles. The Kier molecular flexibility index (Phi) is 17.2. The molecule has 0 aliphatic heterocycles. The van der Waals surface area contributed by atoms with Crippen LogP contribution in [0.3, 0.4) is 0 Å². The average Bonchev–Trinajstić information content (AvgIpc) is 3.14. The van der Waals surface area contributed by atoms with Crippen molar-refractivity contribution in [2.24, 2.45) is 0 Å². The van der Waals surface area contributed by atoms with E-state index in [0.717, 1.165) is 38.5 Å². The third kappa shape index (κ3) is 10.8. The number of hydrogen-bond acceptors (Lipinski definition) is 2. The van der Waals surface area contributed by atoms with Gasteiger partial charge in [0.05, 0.1) is 0 Å². The largest absolute Gasteiger partial charge is 0.481 e. The fourth-order valence-corrected chi connectivity index (χ4v) is 9.22. The lowest BCUT2D eigenvalue weighted by molar-refractivity contribution is -0.138. The molecule has 0 aliphatic rings. The van der Waals surface area contributed by atoms with E-state index in [2.05, 4.69) is 126 Å². The van der Waals surface area contributed by atoms with E-state index in [4.69, 9.17) is 0 Å². The molecule has 4 nitrogen and oxygen atoms in total. The number of carbonyl (C=O) groups is 2. The summed E-state index contributed by atoms with van der Waals surface area (Å²) in [6, 6.07) is 30.4. The van der Waals surface area contributed by atoms with Gasteiger partial charge in [-0.25, -0.2) is 0 Å². The average molecular weight is 711 g/mol. The zero-order chi connectivity index (χ0) is 38.1. The van der Waals surface area contributed by atoms with E-state index in [9.17, 15) is 19.8 Å². The molecule has 0 spiro atoms. The molecule has 3 aromatic rings. The van der Waals surface area contributed by atoms with Gasteiger partial charge in [-0.1, -0.05) is 204 Å². The molecule has 0 saturated heterocycles. The highest BCUT2D eigenvalue weighted by Gasteiger charge is 2.49. The Labute approximate surface area is 316 Å². The third-order valence-electron chi connectivity index (χ3n) is 12.8. The lowest BCUT2D eigenvalue weighted by atomic mass is 9.53. The topological polar surface area (TPSA) is 74.6 Å². The smallest absolute Gasteiger partial charge is 0.303 e. The molecule has 2 unspecified atom stereocenters. The van der Waals surface area contributed by atoms with Crippen molar-refractivity contribution in [2.45, 2.75) is 179 Å². The van der Waals surface area contributed by atoms with E-state index in [1.54, 1.807) is 0 Å². The van der Waals surface area contributed by atoms with Crippen molar-refractivity contribution in [1.29, 1.82) is 0 Å². The van der Waals surface area contributed by atoms with Gasteiger partial charge >= 0.3 is 11.9 Å². The zero-order valence-corrected chi connectivity index (χ0v) is 33.5. The van der Waals surface area contributed by atoms with Crippen molar-refractivity contribution in [3.05, 3.63) is 107 Å². The molecule has 0 radical (unpaired) electrons. The Hall–Kier alpha value is -3.40. The molecule has 0 amide bonds. The number of aliphatic carboxylic acids is 2. The van der Waals surface area contributed by atoms with E-state index in [-0.39, 0.29) is 34.5 Å². The first kappa shape index (κ1) is 43.0. The Balaban J connectivity index is 2.09. The van der Waals surface area contributed by atoms with Crippen molar-refractivity contribution in [3.8, 4) is 0 Å². The van der Waals surface area contributed by atoms with Gasteiger partial charge in [0.15, 0.2) is 0 Å². The van der Waals surface area contributed by atoms with Gasteiger partial charge in [0.25, 0.3) is 0 Å². The summed E-state index contributed by atoms with van der Waals surface area (Å²) in [4.78, 5) is 24.3. The minimum atomic E-state index is -0.750. The molecule has 0 heterocycles. The van der Waals surface area contributed by atoms with E-state index in [1.807, 2.05) is 0 Å². The molecule has 0 fully saturated rings. The molecule has 0 aromatic heterocycles. The fourth-order valence-electron chi connectivity index (χ4n) is 9.22. The first-order chi connectivity index (χ1) is 24.9. The quantitative estimate of drug-likeness (QED) is 0.0813. The second kappa shape index (κ2) is 20.7. The minimum Gasteiger partial charge on any atom is -0.481 e. The van der Waals surface area contributed by atoms with Crippen LogP contribution in [0.5, 0.6) is 0 Å². The predicted molar refractivity (Wildman–Crippen MR) is 218 cm³/mol. The van der Waals surface area contributed by atoms with Crippen molar-refractivity contribution in [1.82, 2.24) is 0 Å². The summed E-state index contributed by atoms with van der Waals surface area (Å²) in [5, 5.41) is 20.0. The fraction of sp³-hybridized carbons (Fsp3) is 0.583. The van der Waals surface area contributed by atoms with Crippen LogP contribution in [0, 0.1) is 0 Å². The molecule has 0 saturated carbocycles. The van der Waals surface area contributed by atoms with E-state index >= 15 is 0 Å². The second-order valence-electron chi connectivity index (χ2n) is 16.5. The highest BCUT2D eigenvalue weighted by molar-refractivity contribution is 5.67.